The van der Waals surface area contributed by atoms with E-state index in [1.165, 1.54) is 0 Å². The van der Waals surface area contributed by atoms with Crippen LogP contribution in [0.5, 0.6) is 0 Å². The number of hydrogen-bond donors (Lipinski definition) is 1. The summed E-state index contributed by atoms with van der Waals surface area (Å²) in [5.74, 6) is -0.102. The highest BCUT2D eigenvalue weighted by Gasteiger charge is 2.14. The molecule has 0 heterocycles. The third kappa shape index (κ3) is 4.12. The van der Waals surface area contributed by atoms with E-state index < -0.39 is 10.8 Å². The summed E-state index contributed by atoms with van der Waals surface area (Å²) in [6.07, 6.45) is 0.755. The summed E-state index contributed by atoms with van der Waals surface area (Å²) in [6, 6.07) is 13.5. The number of nitrogens with two attached hydrogens (primary N) is 1. The summed E-state index contributed by atoms with van der Waals surface area (Å²) in [4.78, 5) is 14.3. The highest BCUT2D eigenvalue weighted by Crippen LogP contribution is 2.18. The van der Waals surface area contributed by atoms with Crippen molar-refractivity contribution in [1.29, 1.82) is 0 Å². The number of fused-ring (bicyclic) bond motifs is 1. The van der Waals surface area contributed by atoms with E-state index in [0.717, 1.165) is 17.2 Å². The van der Waals surface area contributed by atoms with E-state index in [0.29, 0.717) is 18.0 Å². The molecule has 2 aromatic rings. The van der Waals surface area contributed by atoms with E-state index in [1.54, 1.807) is 11.9 Å². The van der Waals surface area contributed by atoms with Crippen molar-refractivity contribution in [2.24, 2.45) is 5.73 Å². The molecule has 0 aliphatic heterocycles. The van der Waals surface area contributed by atoms with E-state index in [-0.39, 0.29) is 11.7 Å². The second-order valence-electron chi connectivity index (χ2n) is 4.96. The maximum Gasteiger partial charge on any atom is 0.235 e. The Balaban J connectivity index is 2.06. The van der Waals surface area contributed by atoms with Gasteiger partial charge in [-0.2, -0.15) is 0 Å². The van der Waals surface area contributed by atoms with Crippen LogP contribution in [0.25, 0.3) is 10.8 Å². The first-order valence-corrected chi connectivity index (χ1v) is 8.25. The van der Waals surface area contributed by atoms with Crippen molar-refractivity contribution in [1.82, 2.24) is 4.90 Å². The molecule has 1 unspecified atom stereocenters. The number of benzene rings is 2. The maximum atomic E-state index is 12.3. The average Bonchev–Trinajstić information content (AvgIpc) is 2.51. The third-order valence-electron chi connectivity index (χ3n) is 3.36. The fourth-order valence-electron chi connectivity index (χ4n) is 2.07. The van der Waals surface area contributed by atoms with Gasteiger partial charge in [0, 0.05) is 18.5 Å². The van der Waals surface area contributed by atoms with Crippen molar-refractivity contribution in [2.75, 3.05) is 25.9 Å². The lowest BCUT2D eigenvalue weighted by molar-refractivity contribution is -0.127. The fourth-order valence-corrected chi connectivity index (χ4v) is 3.16. The minimum absolute atomic E-state index is 0.0133. The van der Waals surface area contributed by atoms with Gasteiger partial charge in [-0.3, -0.25) is 9.00 Å². The molecule has 0 saturated heterocycles. The first-order chi connectivity index (χ1) is 10.1. The molecule has 0 fully saturated rings. The number of amides is 1. The Kier molecular flexibility index (Phi) is 5.47. The van der Waals surface area contributed by atoms with Gasteiger partial charge < -0.3 is 10.6 Å². The van der Waals surface area contributed by atoms with E-state index in [9.17, 15) is 9.00 Å². The van der Waals surface area contributed by atoms with Gasteiger partial charge in [0.1, 0.15) is 5.75 Å². The van der Waals surface area contributed by atoms with Gasteiger partial charge in [-0.25, -0.2) is 0 Å². The van der Waals surface area contributed by atoms with Crippen LogP contribution in [-0.4, -0.2) is 40.9 Å². The zero-order valence-corrected chi connectivity index (χ0v) is 12.9. The number of rotatable bonds is 6. The SMILES string of the molecule is CN(CCCN)C(=O)CS(=O)c1ccc2ccccc2c1. The molecule has 0 aliphatic rings. The smallest absolute Gasteiger partial charge is 0.235 e. The summed E-state index contributed by atoms with van der Waals surface area (Å²) >= 11 is 0. The van der Waals surface area contributed by atoms with Crippen LogP contribution in [0, 0.1) is 0 Å². The Hall–Kier alpha value is -1.72. The molecule has 2 rings (SSSR count). The van der Waals surface area contributed by atoms with E-state index in [1.807, 2.05) is 42.5 Å². The Labute approximate surface area is 127 Å². The van der Waals surface area contributed by atoms with E-state index in [4.69, 9.17) is 5.73 Å². The van der Waals surface area contributed by atoms with Gasteiger partial charge in [-0.15, -0.1) is 0 Å². The lowest BCUT2D eigenvalue weighted by atomic mass is 10.1. The largest absolute Gasteiger partial charge is 0.345 e. The summed E-state index contributed by atoms with van der Waals surface area (Å²) in [6.45, 7) is 1.15. The summed E-state index contributed by atoms with van der Waals surface area (Å²) in [7, 11) is 0.400. The van der Waals surface area contributed by atoms with Crippen molar-refractivity contribution >= 4 is 27.5 Å². The zero-order valence-electron chi connectivity index (χ0n) is 12.1. The summed E-state index contributed by atoms with van der Waals surface area (Å²) in [5, 5.41) is 2.14. The lowest BCUT2D eigenvalue weighted by Crippen LogP contribution is -2.32. The number of carbonyl (C=O) groups is 1. The molecule has 4 nitrogen and oxygen atoms in total. The van der Waals surface area contributed by atoms with Gasteiger partial charge in [0.25, 0.3) is 0 Å². The van der Waals surface area contributed by atoms with Crippen molar-refractivity contribution in [3.63, 3.8) is 0 Å². The quantitative estimate of drug-likeness (QED) is 0.884. The van der Waals surface area contributed by atoms with E-state index in [2.05, 4.69) is 0 Å². The van der Waals surface area contributed by atoms with Gasteiger partial charge >= 0.3 is 0 Å². The van der Waals surface area contributed by atoms with Crippen molar-refractivity contribution in [3.05, 3.63) is 42.5 Å². The van der Waals surface area contributed by atoms with Crippen molar-refractivity contribution < 1.29 is 9.00 Å². The van der Waals surface area contributed by atoms with Crippen molar-refractivity contribution in [2.45, 2.75) is 11.3 Å². The van der Waals surface area contributed by atoms with Crippen LogP contribution in [0.3, 0.4) is 0 Å². The van der Waals surface area contributed by atoms with E-state index >= 15 is 0 Å². The van der Waals surface area contributed by atoms with Crippen LogP contribution in [0.4, 0.5) is 0 Å². The number of nitrogens with zero attached hydrogens (tertiary/aromatic N) is 1. The Morgan fingerprint density at radius 1 is 1.19 bits per heavy atom. The molecule has 21 heavy (non-hydrogen) atoms. The Morgan fingerprint density at radius 2 is 1.90 bits per heavy atom. The molecule has 0 saturated carbocycles. The Morgan fingerprint density at radius 3 is 2.62 bits per heavy atom. The molecule has 1 amide bonds. The van der Waals surface area contributed by atoms with Gasteiger partial charge in [0.05, 0.1) is 10.8 Å². The second kappa shape index (κ2) is 7.33. The van der Waals surface area contributed by atoms with Crippen LogP contribution in [0.15, 0.2) is 47.4 Å². The molecule has 1 atom stereocenters. The predicted octanol–water partition coefficient (Wildman–Crippen LogP) is 1.75. The molecule has 0 aliphatic carbocycles. The highest BCUT2D eigenvalue weighted by atomic mass is 32.2. The molecule has 0 radical (unpaired) electrons. The molecular weight excluding hydrogens is 284 g/mol. The fraction of sp³-hybridized carbons (Fsp3) is 0.312. The van der Waals surface area contributed by atoms with Crippen LogP contribution in [0.1, 0.15) is 6.42 Å². The minimum Gasteiger partial charge on any atom is -0.345 e. The molecule has 0 spiro atoms. The lowest BCUT2D eigenvalue weighted by Gasteiger charge is -2.16. The highest BCUT2D eigenvalue weighted by molar-refractivity contribution is 7.85. The van der Waals surface area contributed by atoms with Gasteiger partial charge in [0.2, 0.25) is 5.91 Å². The third-order valence-corrected chi connectivity index (χ3v) is 4.65. The van der Waals surface area contributed by atoms with Crippen molar-refractivity contribution in [3.8, 4) is 0 Å². The van der Waals surface area contributed by atoms with Crippen LogP contribution in [0.2, 0.25) is 0 Å². The average molecular weight is 304 g/mol. The first kappa shape index (κ1) is 15.7. The van der Waals surface area contributed by atoms with Gasteiger partial charge in [-0.05, 0) is 35.9 Å². The summed E-state index contributed by atoms with van der Waals surface area (Å²) in [5.41, 5.74) is 5.42. The molecule has 2 N–H and O–H groups in total. The first-order valence-electron chi connectivity index (χ1n) is 6.93. The van der Waals surface area contributed by atoms with Crippen LogP contribution >= 0.6 is 0 Å². The normalized spacial score (nSPS) is 12.3. The Bertz CT molecular complexity index is 658. The second-order valence-corrected chi connectivity index (χ2v) is 6.41. The molecule has 5 heteroatoms. The number of hydrogen-bond acceptors (Lipinski definition) is 3. The van der Waals surface area contributed by atoms with Crippen LogP contribution < -0.4 is 5.73 Å². The molecule has 2 aromatic carbocycles. The molecule has 0 bridgehead atoms. The topological polar surface area (TPSA) is 63.4 Å². The molecular formula is C16H20N2O2S. The maximum absolute atomic E-state index is 12.3. The summed E-state index contributed by atoms with van der Waals surface area (Å²) < 4.78 is 12.3. The van der Waals surface area contributed by atoms with Gasteiger partial charge in [-0.1, -0.05) is 30.3 Å². The van der Waals surface area contributed by atoms with Gasteiger partial charge in [0.15, 0.2) is 0 Å². The minimum atomic E-state index is -1.32. The molecule has 112 valence electrons. The van der Waals surface area contributed by atoms with Crippen LogP contribution in [-0.2, 0) is 15.6 Å². The predicted molar refractivity (Wildman–Crippen MR) is 86.5 cm³/mol. The monoisotopic (exact) mass is 304 g/mol. The zero-order chi connectivity index (χ0) is 15.2. The number of carbonyl (C=O) groups excluding carboxylic acids is 1. The molecule has 0 aromatic heterocycles. The standard InChI is InChI=1S/C16H20N2O2S/c1-18(10-4-9-17)16(19)12-21(20)15-8-7-13-5-2-3-6-14(13)11-15/h2-3,5-8,11H,4,9-10,12,17H2,1H3.